The minimum Gasteiger partial charge on any atom is -0.342 e. The Kier molecular flexibility index (Phi) is 6.00. The number of benzene rings is 1. The van der Waals surface area contributed by atoms with Crippen LogP contribution in [0.25, 0.3) is 0 Å². The van der Waals surface area contributed by atoms with E-state index in [1.807, 2.05) is 30.1 Å². The Morgan fingerprint density at radius 2 is 1.91 bits per heavy atom. The fraction of sp³-hybridized carbons (Fsp3) is 0.562. The van der Waals surface area contributed by atoms with Crippen molar-refractivity contribution in [1.82, 2.24) is 10.2 Å². The van der Waals surface area contributed by atoms with Gasteiger partial charge in [-0.1, -0.05) is 29.3 Å². The summed E-state index contributed by atoms with van der Waals surface area (Å²) in [5.41, 5.74) is 1.13. The van der Waals surface area contributed by atoms with E-state index in [0.717, 1.165) is 37.9 Å². The number of halogens is 3. The van der Waals surface area contributed by atoms with Crippen molar-refractivity contribution in [1.29, 1.82) is 0 Å². The first-order valence-corrected chi connectivity index (χ1v) is 8.26. The Balaban J connectivity index is 0.00000176. The topological polar surface area (TPSA) is 32.3 Å². The summed E-state index contributed by atoms with van der Waals surface area (Å²) in [5, 5.41) is 4.47. The van der Waals surface area contributed by atoms with Gasteiger partial charge in [-0.3, -0.25) is 4.79 Å². The maximum Gasteiger partial charge on any atom is 0.226 e. The monoisotopic (exact) mass is 362 g/mol. The van der Waals surface area contributed by atoms with Crippen LogP contribution in [-0.4, -0.2) is 37.0 Å². The Morgan fingerprint density at radius 1 is 1.23 bits per heavy atom. The van der Waals surface area contributed by atoms with Crippen LogP contribution >= 0.6 is 35.6 Å². The summed E-state index contributed by atoms with van der Waals surface area (Å²) in [5.74, 6) is 0.691. The molecule has 6 heteroatoms. The van der Waals surface area contributed by atoms with Crippen LogP contribution in [0.3, 0.4) is 0 Å². The molecular formula is C16H21Cl3N2O. The molecule has 1 saturated carbocycles. The molecule has 122 valence electrons. The minimum atomic E-state index is 0. The average Bonchev–Trinajstić information content (AvgIpc) is 3.30. The van der Waals surface area contributed by atoms with Gasteiger partial charge in [0, 0.05) is 19.0 Å². The molecule has 1 amide bonds. The molecule has 2 unspecified atom stereocenters. The van der Waals surface area contributed by atoms with Crippen molar-refractivity contribution in [2.75, 3.05) is 20.1 Å². The van der Waals surface area contributed by atoms with Crippen LogP contribution in [0.4, 0.5) is 0 Å². The van der Waals surface area contributed by atoms with Crippen molar-refractivity contribution >= 4 is 41.5 Å². The Hall–Kier alpha value is -0.480. The first-order valence-electron chi connectivity index (χ1n) is 7.50. The highest BCUT2D eigenvalue weighted by atomic mass is 35.5. The lowest BCUT2D eigenvalue weighted by Gasteiger charge is -2.32. The van der Waals surface area contributed by atoms with Crippen LogP contribution in [0.15, 0.2) is 18.2 Å². The molecular weight excluding hydrogens is 343 g/mol. The van der Waals surface area contributed by atoms with E-state index in [-0.39, 0.29) is 24.2 Å². The number of nitrogens with zero attached hydrogens (tertiary/aromatic N) is 1. The average molecular weight is 364 g/mol. The van der Waals surface area contributed by atoms with Crippen LogP contribution in [0.1, 0.15) is 30.7 Å². The molecule has 22 heavy (non-hydrogen) atoms. The van der Waals surface area contributed by atoms with Gasteiger partial charge in [0.2, 0.25) is 5.91 Å². The molecule has 0 radical (unpaired) electrons. The van der Waals surface area contributed by atoms with Crippen LogP contribution in [-0.2, 0) is 4.79 Å². The van der Waals surface area contributed by atoms with E-state index in [9.17, 15) is 4.79 Å². The predicted molar refractivity (Wildman–Crippen MR) is 93.2 cm³/mol. The summed E-state index contributed by atoms with van der Waals surface area (Å²) in [6.07, 6.45) is 3.02. The smallest absolute Gasteiger partial charge is 0.226 e. The van der Waals surface area contributed by atoms with Gasteiger partial charge in [0.25, 0.3) is 0 Å². The summed E-state index contributed by atoms with van der Waals surface area (Å²) in [6.45, 7) is 2.01. The number of rotatable bonds is 3. The first kappa shape index (κ1) is 17.9. The van der Waals surface area contributed by atoms with Crippen LogP contribution in [0, 0.1) is 5.92 Å². The van der Waals surface area contributed by atoms with Crippen molar-refractivity contribution in [3.63, 3.8) is 0 Å². The molecule has 2 aliphatic rings. The summed E-state index contributed by atoms with van der Waals surface area (Å²) >= 11 is 12.0. The van der Waals surface area contributed by atoms with E-state index in [0.29, 0.717) is 22.0 Å². The zero-order chi connectivity index (χ0) is 15.0. The Morgan fingerprint density at radius 3 is 2.55 bits per heavy atom. The maximum absolute atomic E-state index is 12.6. The predicted octanol–water partition coefficient (Wildman–Crippen LogP) is 3.73. The van der Waals surface area contributed by atoms with E-state index < -0.39 is 0 Å². The van der Waals surface area contributed by atoms with E-state index >= 15 is 0 Å². The highest BCUT2D eigenvalue weighted by Crippen LogP contribution is 2.49. The summed E-state index contributed by atoms with van der Waals surface area (Å²) < 4.78 is 0. The lowest BCUT2D eigenvalue weighted by atomic mass is 10.0. The Bertz CT molecular complexity index is 546. The van der Waals surface area contributed by atoms with Crippen molar-refractivity contribution in [2.24, 2.45) is 5.92 Å². The van der Waals surface area contributed by atoms with Crippen molar-refractivity contribution in [3.05, 3.63) is 33.8 Å². The third-order valence-electron chi connectivity index (χ3n) is 4.68. The third-order valence-corrected chi connectivity index (χ3v) is 5.42. The molecule has 0 spiro atoms. The number of hydrogen-bond acceptors (Lipinski definition) is 2. The highest BCUT2D eigenvalue weighted by Gasteiger charge is 2.46. The summed E-state index contributed by atoms with van der Waals surface area (Å²) in [7, 11) is 1.95. The second-order valence-electron chi connectivity index (χ2n) is 6.05. The number of amides is 1. The molecule has 1 aromatic rings. The number of carbonyl (C=O) groups is 1. The molecule has 1 aliphatic heterocycles. The molecule has 0 bridgehead atoms. The van der Waals surface area contributed by atoms with E-state index in [1.54, 1.807) is 0 Å². The molecule has 3 rings (SSSR count). The van der Waals surface area contributed by atoms with Gasteiger partial charge in [0.15, 0.2) is 0 Å². The van der Waals surface area contributed by atoms with Crippen molar-refractivity contribution < 1.29 is 4.79 Å². The van der Waals surface area contributed by atoms with Gasteiger partial charge in [-0.25, -0.2) is 0 Å². The van der Waals surface area contributed by atoms with E-state index in [4.69, 9.17) is 23.2 Å². The fourth-order valence-electron chi connectivity index (χ4n) is 3.21. The fourth-order valence-corrected chi connectivity index (χ4v) is 3.52. The SMILES string of the molecule is CN(C(=O)C1CC1c1ccc(Cl)c(Cl)c1)C1CCNCC1.Cl. The second-order valence-corrected chi connectivity index (χ2v) is 6.87. The van der Waals surface area contributed by atoms with Gasteiger partial charge in [-0.15, -0.1) is 12.4 Å². The standard InChI is InChI=1S/C16H20Cl2N2O.ClH/c1-20(11-4-6-19-7-5-11)16(21)13-9-12(13)10-2-3-14(17)15(18)8-10;/h2-3,8,11-13,19H,4-7,9H2,1H3;1H. The first-order chi connectivity index (χ1) is 10.1. The molecule has 3 nitrogen and oxygen atoms in total. The summed E-state index contributed by atoms with van der Waals surface area (Å²) in [6, 6.07) is 6.08. The molecule has 1 aliphatic carbocycles. The Labute approximate surface area is 147 Å². The van der Waals surface area contributed by atoms with Crippen LogP contribution < -0.4 is 5.32 Å². The zero-order valence-corrected chi connectivity index (χ0v) is 14.8. The van der Waals surface area contributed by atoms with E-state index in [1.165, 1.54) is 0 Å². The number of piperidine rings is 1. The van der Waals surface area contributed by atoms with Crippen molar-refractivity contribution in [3.8, 4) is 0 Å². The number of carbonyl (C=O) groups excluding carboxylic acids is 1. The molecule has 1 heterocycles. The normalized spacial score (nSPS) is 24.5. The third kappa shape index (κ3) is 3.70. The molecule has 1 aromatic carbocycles. The molecule has 1 N–H and O–H groups in total. The van der Waals surface area contributed by atoms with E-state index in [2.05, 4.69) is 5.32 Å². The lowest BCUT2D eigenvalue weighted by molar-refractivity contribution is -0.133. The van der Waals surface area contributed by atoms with Gasteiger partial charge < -0.3 is 10.2 Å². The summed E-state index contributed by atoms with van der Waals surface area (Å²) in [4.78, 5) is 14.5. The van der Waals surface area contributed by atoms with Gasteiger partial charge in [-0.2, -0.15) is 0 Å². The quantitative estimate of drug-likeness (QED) is 0.887. The van der Waals surface area contributed by atoms with Gasteiger partial charge in [0.05, 0.1) is 10.0 Å². The minimum absolute atomic E-state index is 0. The lowest BCUT2D eigenvalue weighted by Crippen LogP contribution is -2.44. The number of hydrogen-bond donors (Lipinski definition) is 1. The highest BCUT2D eigenvalue weighted by molar-refractivity contribution is 6.42. The maximum atomic E-state index is 12.6. The van der Waals surface area contributed by atoms with Crippen molar-refractivity contribution in [2.45, 2.75) is 31.2 Å². The second kappa shape index (κ2) is 7.39. The van der Waals surface area contributed by atoms with Crippen LogP contribution in [0.5, 0.6) is 0 Å². The number of nitrogens with one attached hydrogen (secondary N) is 1. The zero-order valence-electron chi connectivity index (χ0n) is 12.5. The molecule has 2 atom stereocenters. The molecule has 0 aromatic heterocycles. The molecule has 1 saturated heterocycles. The van der Waals surface area contributed by atoms with Gasteiger partial charge >= 0.3 is 0 Å². The van der Waals surface area contributed by atoms with Gasteiger partial charge in [0.1, 0.15) is 0 Å². The van der Waals surface area contributed by atoms with Crippen LogP contribution in [0.2, 0.25) is 10.0 Å². The van der Waals surface area contributed by atoms with Gasteiger partial charge in [-0.05, 0) is 56.0 Å². The molecule has 2 fully saturated rings. The largest absolute Gasteiger partial charge is 0.342 e.